The van der Waals surface area contributed by atoms with Gasteiger partial charge in [-0.1, -0.05) is 0 Å². The first-order valence-corrected chi connectivity index (χ1v) is 0.707. The zero-order chi connectivity index (χ0) is 8.12. The van der Waals surface area contributed by atoms with Crippen LogP contribution in [0.5, 0.6) is 0 Å². The van der Waals surface area contributed by atoms with Crippen molar-refractivity contribution in [1.82, 2.24) is 0 Å². The van der Waals surface area contributed by atoms with Gasteiger partial charge in [0, 0.05) is 4.28 Å². The summed E-state index contributed by atoms with van der Waals surface area (Å²) in [5, 5.41) is 0. The van der Waals surface area contributed by atoms with Gasteiger partial charge >= 0.3 is 41.2 Å². The number of rotatable bonds is 0. The van der Waals surface area contributed by atoms with E-state index in [9.17, 15) is 0 Å². The average molecular weight is 95.5 g/mol. The SMILES string of the molecule is [3H]B=O.[3H]B=O.[3H]B=O.[HH].[HH].[HH]. The molecule has 0 aromatic heterocycles. The molecule has 0 N–H and O–H groups in total. The summed E-state index contributed by atoms with van der Waals surface area (Å²) in [6, 6.07) is 0. The monoisotopic (exact) mass is 96.1 g/mol. The van der Waals surface area contributed by atoms with Gasteiger partial charge in [0.1, 0.15) is 0 Å². The predicted octanol–water partition coefficient (Wildman–Crippen LogP) is -1.56. The topological polar surface area (TPSA) is 51.2 Å². The van der Waals surface area contributed by atoms with E-state index in [0.29, 0.717) is 0 Å². The van der Waals surface area contributed by atoms with Crippen LogP contribution in [0.3, 0.4) is 0 Å². The van der Waals surface area contributed by atoms with E-state index in [1.165, 1.54) is 0 Å². The van der Waals surface area contributed by atoms with Gasteiger partial charge in [0.15, 0.2) is 0 Å². The molecule has 0 heterocycles. The van der Waals surface area contributed by atoms with E-state index < -0.39 is 0 Å². The van der Waals surface area contributed by atoms with Crippen LogP contribution in [0.4, 0.5) is 0 Å². The third kappa shape index (κ3) is 147. The van der Waals surface area contributed by atoms with Gasteiger partial charge in [0.2, 0.25) is 0 Å². The molecule has 0 radical (unpaired) electrons. The Bertz CT molecular complexity index is 54.8. The third-order valence-corrected chi connectivity index (χ3v) is 0. The van der Waals surface area contributed by atoms with E-state index in [0.717, 1.165) is 0 Å². The molecule has 6 heteroatoms. The Morgan fingerprint density at radius 1 is 1.17 bits per heavy atom. The molecule has 0 atom stereocenters. The van der Waals surface area contributed by atoms with E-state index >= 15 is 0 Å². The van der Waals surface area contributed by atoms with Crippen LogP contribution in [-0.2, 0) is 14.1 Å². The van der Waals surface area contributed by atoms with Gasteiger partial charge in [0.25, 0.3) is 0 Å². The van der Waals surface area contributed by atoms with Crippen LogP contribution in [0.25, 0.3) is 0 Å². The standard InChI is InChI=1S/3BHO.3H2/c3*1-2;;;/h3*1H;3*1H/i3*1T;;;. The van der Waals surface area contributed by atoms with Crippen molar-refractivity contribution in [1.29, 1.82) is 4.01 Å². The minimum Gasteiger partial charge on any atom is 0 e. The molecular formula is H9B3O3. The Morgan fingerprint density at radius 2 is 1.17 bits per heavy atom. The molecule has 0 saturated carbocycles. The van der Waals surface area contributed by atoms with Crippen LogP contribution in [-0.4, -0.2) is 27.0 Å². The minimum atomic E-state index is 0. The molecule has 0 aromatic rings. The summed E-state index contributed by atoms with van der Waals surface area (Å²) in [4.78, 5) is 0. The van der Waals surface area contributed by atoms with E-state index in [1.54, 1.807) is 0 Å². The van der Waals surface area contributed by atoms with E-state index in [2.05, 4.69) is 0 Å². The molecule has 6 heavy (non-hydrogen) atoms. The first kappa shape index (κ1) is 3.77. The zero-order valence-electron chi connectivity index (χ0n) is 5.96. The maximum Gasteiger partial charge on any atom is 0 e. The molecule has 0 aliphatic heterocycles. The maximum atomic E-state index is 8.47. The first-order valence-electron chi connectivity index (χ1n) is 2.44. The summed E-state index contributed by atoms with van der Waals surface area (Å²) in [6.07, 6.45) is 0. The first-order chi connectivity index (χ1) is 4.24. The Balaban J connectivity index is -0.00000001000. The molecular weight excluding hydrogens is 80.4 g/mol. The van der Waals surface area contributed by atoms with E-state index in [-0.39, 0.29) is 27.3 Å². The molecule has 0 rings (SSSR count). The smallest absolute Gasteiger partial charge is 0 e. The van der Waals surface area contributed by atoms with Gasteiger partial charge < -0.3 is 0 Å². The van der Waals surface area contributed by atoms with Crippen LogP contribution in [0.2, 0.25) is 0 Å². The quantitative estimate of drug-likeness (QED) is 0.342. The fourth-order valence-electron chi connectivity index (χ4n) is 0. The van der Waals surface area contributed by atoms with Crippen LogP contribution in [0.15, 0.2) is 0 Å². The maximum absolute atomic E-state index is 8.47. The molecule has 3 nitrogen and oxygen atoms in total. The van der Waals surface area contributed by atoms with E-state index in [1.807, 2.05) is 0 Å². The van der Waals surface area contributed by atoms with E-state index in [4.69, 9.17) is 18.1 Å². The molecule has 0 aromatic carbocycles. The van der Waals surface area contributed by atoms with Gasteiger partial charge in [-0.15, -0.1) is 0 Å². The minimum absolute atomic E-state index is 0. The fraction of sp³-hybridized carbons (Fsp3) is 0. The molecule has 0 saturated heterocycles. The second-order valence-electron chi connectivity index (χ2n) is 0. The molecule has 0 unspecified atom stereocenters. The average Bonchev–Trinajstić information content (AvgIpc) is 1.70. The Labute approximate surface area is 46.9 Å². The Hall–Kier alpha value is -0.405. The van der Waals surface area contributed by atoms with Crippen LogP contribution < -0.4 is 0 Å². The van der Waals surface area contributed by atoms with Gasteiger partial charge in [-0.2, -0.15) is 0 Å². The van der Waals surface area contributed by atoms with Crippen molar-refractivity contribution in [3.05, 3.63) is 0 Å². The Kier molecular flexibility index (Phi) is 227. The van der Waals surface area contributed by atoms with Gasteiger partial charge in [0.05, 0.1) is 0 Å². The molecule has 0 aliphatic carbocycles. The van der Waals surface area contributed by atoms with Crippen molar-refractivity contribution >= 4 is 23.0 Å². The van der Waals surface area contributed by atoms with Crippen molar-refractivity contribution in [2.24, 2.45) is 0 Å². The molecule has 0 fully saturated rings. The summed E-state index contributed by atoms with van der Waals surface area (Å²) >= 11 is 0. The molecule has 0 bridgehead atoms. The van der Waals surface area contributed by atoms with Gasteiger partial charge in [-0.25, -0.2) is 0 Å². The van der Waals surface area contributed by atoms with Crippen molar-refractivity contribution < 1.29 is 18.4 Å². The normalized spacial score (nSPS) is 5.00. The van der Waals surface area contributed by atoms with Crippen LogP contribution >= 0.6 is 0 Å². The van der Waals surface area contributed by atoms with Crippen molar-refractivity contribution in [2.45, 2.75) is 0 Å². The number of hydrogen-bond acceptors (Lipinski definition) is 3. The summed E-state index contributed by atoms with van der Waals surface area (Å²) in [6.45, 7) is 0. The van der Waals surface area contributed by atoms with Crippen LogP contribution in [0.1, 0.15) is 4.28 Å². The van der Waals surface area contributed by atoms with Gasteiger partial charge in [-0.3, -0.25) is 0 Å². The predicted molar refractivity (Wildman–Crippen MR) is 29.8 cm³/mol. The molecule has 0 aliphatic rings. The summed E-state index contributed by atoms with van der Waals surface area (Å²) in [7, 11) is 0. The second kappa shape index (κ2) is 362. The third-order valence-electron chi connectivity index (χ3n) is 0. The van der Waals surface area contributed by atoms with Gasteiger partial charge in [-0.05, 0) is 0 Å². The number of hydrogen-bond donors (Lipinski definition) is 0. The Morgan fingerprint density at radius 3 is 1.17 bits per heavy atom. The summed E-state index contributed by atoms with van der Waals surface area (Å²) in [5.74, 6) is 0. The summed E-state index contributed by atoms with van der Waals surface area (Å²) in [5.41, 5.74) is 0. The molecule has 0 amide bonds. The van der Waals surface area contributed by atoms with Crippen molar-refractivity contribution in [3.8, 4) is 0 Å². The summed E-state index contributed by atoms with van der Waals surface area (Å²) < 4.78 is 42.0. The van der Waals surface area contributed by atoms with Crippen LogP contribution in [0, 0.1) is 0 Å². The fourth-order valence-corrected chi connectivity index (χ4v) is 0. The van der Waals surface area contributed by atoms with Crippen molar-refractivity contribution in [3.63, 3.8) is 0 Å². The molecule has 0 spiro atoms. The largest absolute Gasteiger partial charge is 0 e. The molecule has 36 valence electrons. The van der Waals surface area contributed by atoms with Crippen molar-refractivity contribution in [2.75, 3.05) is 0 Å². The second-order valence-corrected chi connectivity index (χ2v) is 0. The zero-order valence-corrected chi connectivity index (χ0v) is 2.96.